The number of halogens is 3. The highest BCUT2D eigenvalue weighted by Crippen LogP contribution is 2.27. The zero-order chi connectivity index (χ0) is 13.2. The lowest BCUT2D eigenvalue weighted by atomic mass is 10.2. The second-order valence-corrected chi connectivity index (χ2v) is 3.80. The molecule has 0 aliphatic carbocycles. The summed E-state index contributed by atoms with van der Waals surface area (Å²) >= 11 is 5.89. The molecule has 17 heavy (non-hydrogen) atoms. The fourth-order valence-electron chi connectivity index (χ4n) is 1.59. The normalized spacial score (nSPS) is 10.6. The van der Waals surface area contributed by atoms with Gasteiger partial charge in [0, 0.05) is 5.02 Å². The number of hydrogen-bond acceptors (Lipinski definition) is 1. The Labute approximate surface area is 104 Å². The second kappa shape index (κ2) is 5.45. The Hall–Kier alpha value is -1.16. The van der Waals surface area contributed by atoms with Crippen molar-refractivity contribution >= 4 is 22.6 Å². The highest BCUT2D eigenvalue weighted by atomic mass is 35.5. The molecule has 0 spiro atoms. The van der Waals surface area contributed by atoms with Gasteiger partial charge in [0.25, 0.3) is 0 Å². The van der Waals surface area contributed by atoms with Crippen LogP contribution >= 0.6 is 11.6 Å². The number of aryl methyl sites for hydroxylation is 2. The average molecular weight is 261 g/mol. The summed E-state index contributed by atoms with van der Waals surface area (Å²) < 4.78 is 26.3. The molecule has 0 atom stereocenters. The Morgan fingerprint density at radius 2 is 1.82 bits per heavy atom. The van der Waals surface area contributed by atoms with Crippen molar-refractivity contribution in [2.75, 3.05) is 0 Å². The third-order valence-electron chi connectivity index (χ3n) is 2.34. The van der Waals surface area contributed by atoms with Crippen LogP contribution in [0.15, 0.2) is 12.1 Å². The van der Waals surface area contributed by atoms with Crippen molar-refractivity contribution in [2.45, 2.75) is 34.2 Å². The molecule has 0 unspecified atom stereocenters. The first-order valence-corrected chi connectivity index (χ1v) is 5.81. The van der Waals surface area contributed by atoms with Crippen LogP contribution in [0.1, 0.15) is 31.8 Å². The van der Waals surface area contributed by atoms with Crippen LogP contribution in [-0.4, -0.2) is 9.55 Å². The number of benzene rings is 1. The third-order valence-corrected chi connectivity index (χ3v) is 2.75. The van der Waals surface area contributed by atoms with Crippen LogP contribution in [0.3, 0.4) is 0 Å². The molecule has 0 aliphatic rings. The summed E-state index contributed by atoms with van der Waals surface area (Å²) in [7, 11) is 0. The summed E-state index contributed by atoms with van der Waals surface area (Å²) in [4.78, 5) is 4.03. The number of alkyl halides is 2. The molecule has 94 valence electrons. The lowest BCUT2D eigenvalue weighted by Crippen LogP contribution is -2.00. The maximum atomic E-state index is 12.7. The molecule has 0 bridgehead atoms. The Bertz CT molecular complexity index is 521. The number of imidazole rings is 1. The standard InChI is InChI=1S/C10H9ClF2N2.C2H6/c1-5-3-9-8(4-7(5)11)14-6(2)15(9)10(12)13;1-2/h3-4,10H,1-2H3;1-2H3. The van der Waals surface area contributed by atoms with Crippen LogP contribution < -0.4 is 0 Å². The van der Waals surface area contributed by atoms with Gasteiger partial charge in [0.1, 0.15) is 5.82 Å². The molecule has 0 radical (unpaired) electrons. The van der Waals surface area contributed by atoms with Crippen LogP contribution in [0.2, 0.25) is 5.02 Å². The molecule has 0 amide bonds. The molecule has 1 heterocycles. The quantitative estimate of drug-likeness (QED) is 0.725. The van der Waals surface area contributed by atoms with Crippen LogP contribution in [-0.2, 0) is 0 Å². The van der Waals surface area contributed by atoms with Crippen LogP contribution in [0.5, 0.6) is 0 Å². The van der Waals surface area contributed by atoms with Crippen molar-refractivity contribution in [3.63, 3.8) is 0 Å². The molecule has 2 nitrogen and oxygen atoms in total. The lowest BCUT2D eigenvalue weighted by molar-refractivity contribution is 0.0724. The first-order chi connectivity index (χ1) is 8.00. The lowest BCUT2D eigenvalue weighted by Gasteiger charge is -2.05. The van der Waals surface area contributed by atoms with Crippen molar-refractivity contribution in [2.24, 2.45) is 0 Å². The third kappa shape index (κ3) is 2.57. The van der Waals surface area contributed by atoms with Crippen LogP contribution in [0.25, 0.3) is 11.0 Å². The van der Waals surface area contributed by atoms with E-state index in [0.29, 0.717) is 21.9 Å². The zero-order valence-electron chi connectivity index (χ0n) is 10.3. The molecule has 5 heteroatoms. The topological polar surface area (TPSA) is 17.8 Å². The van der Waals surface area contributed by atoms with E-state index in [1.165, 1.54) is 0 Å². The summed E-state index contributed by atoms with van der Waals surface area (Å²) in [6, 6.07) is 3.24. The number of nitrogens with zero attached hydrogens (tertiary/aromatic N) is 2. The van der Waals surface area contributed by atoms with Gasteiger partial charge in [-0.15, -0.1) is 0 Å². The summed E-state index contributed by atoms with van der Waals surface area (Å²) in [5, 5.41) is 0.543. The summed E-state index contributed by atoms with van der Waals surface area (Å²) in [6.45, 7) is 4.76. The first-order valence-electron chi connectivity index (χ1n) is 5.43. The molecule has 1 aromatic heterocycles. The van der Waals surface area contributed by atoms with Gasteiger partial charge in [-0.1, -0.05) is 25.4 Å². The zero-order valence-corrected chi connectivity index (χ0v) is 11.0. The molecule has 0 N–H and O–H groups in total. The minimum absolute atomic E-state index is 0.293. The van der Waals surface area contributed by atoms with Gasteiger partial charge in [-0.05, 0) is 31.5 Å². The summed E-state index contributed by atoms with van der Waals surface area (Å²) in [5.74, 6) is 0.293. The minimum atomic E-state index is -2.57. The van der Waals surface area contributed by atoms with Crippen molar-refractivity contribution in [1.82, 2.24) is 9.55 Å². The van der Waals surface area contributed by atoms with E-state index in [2.05, 4.69) is 4.98 Å². The molecule has 0 saturated carbocycles. The van der Waals surface area contributed by atoms with Crippen LogP contribution in [0.4, 0.5) is 8.78 Å². The van der Waals surface area contributed by atoms with E-state index in [-0.39, 0.29) is 0 Å². The van der Waals surface area contributed by atoms with Crippen molar-refractivity contribution in [3.05, 3.63) is 28.5 Å². The minimum Gasteiger partial charge on any atom is -0.270 e. The molecular weight excluding hydrogens is 246 g/mol. The van der Waals surface area contributed by atoms with Crippen LogP contribution in [0, 0.1) is 13.8 Å². The van der Waals surface area contributed by atoms with Crippen molar-refractivity contribution in [1.29, 1.82) is 0 Å². The fraction of sp³-hybridized carbons (Fsp3) is 0.417. The van der Waals surface area contributed by atoms with Gasteiger partial charge >= 0.3 is 6.55 Å². The van der Waals surface area contributed by atoms with Gasteiger partial charge in [-0.3, -0.25) is 4.57 Å². The number of fused-ring (bicyclic) bond motifs is 1. The molecule has 2 rings (SSSR count). The number of aromatic nitrogens is 2. The van der Waals surface area contributed by atoms with E-state index in [0.717, 1.165) is 10.1 Å². The van der Waals surface area contributed by atoms with Gasteiger partial charge in [-0.2, -0.15) is 8.78 Å². The maximum Gasteiger partial charge on any atom is 0.320 e. The average Bonchev–Trinajstić information content (AvgIpc) is 2.57. The molecule has 0 aliphatic heterocycles. The number of hydrogen-bond donors (Lipinski definition) is 0. The van der Waals surface area contributed by atoms with Gasteiger partial charge in [0.05, 0.1) is 11.0 Å². The van der Waals surface area contributed by atoms with E-state index in [4.69, 9.17) is 11.6 Å². The monoisotopic (exact) mass is 260 g/mol. The summed E-state index contributed by atoms with van der Waals surface area (Å²) in [5.41, 5.74) is 1.69. The van der Waals surface area contributed by atoms with Gasteiger partial charge in [0.2, 0.25) is 0 Å². The predicted molar refractivity (Wildman–Crippen MR) is 66.8 cm³/mol. The van der Waals surface area contributed by atoms with Crippen molar-refractivity contribution in [3.8, 4) is 0 Å². The maximum absolute atomic E-state index is 12.7. The number of rotatable bonds is 1. The highest BCUT2D eigenvalue weighted by Gasteiger charge is 2.15. The second-order valence-electron chi connectivity index (χ2n) is 3.40. The SMILES string of the molecule is CC.Cc1cc2c(cc1Cl)nc(C)n2C(F)F. The smallest absolute Gasteiger partial charge is 0.270 e. The van der Waals surface area contributed by atoms with Gasteiger partial charge < -0.3 is 0 Å². The largest absolute Gasteiger partial charge is 0.320 e. The van der Waals surface area contributed by atoms with E-state index in [9.17, 15) is 8.78 Å². The summed E-state index contributed by atoms with van der Waals surface area (Å²) in [6.07, 6.45) is 0. The molecular formula is C12H15ClF2N2. The predicted octanol–water partition coefficient (Wildman–Crippen LogP) is 4.73. The van der Waals surface area contributed by atoms with Gasteiger partial charge in [0.15, 0.2) is 0 Å². The molecule has 0 fully saturated rings. The van der Waals surface area contributed by atoms with E-state index >= 15 is 0 Å². The molecule has 1 aromatic carbocycles. The highest BCUT2D eigenvalue weighted by molar-refractivity contribution is 6.32. The fourth-order valence-corrected chi connectivity index (χ4v) is 1.75. The van der Waals surface area contributed by atoms with Crippen molar-refractivity contribution < 1.29 is 8.78 Å². The molecule has 0 saturated heterocycles. The Morgan fingerprint density at radius 1 is 1.24 bits per heavy atom. The Morgan fingerprint density at radius 3 is 2.35 bits per heavy atom. The Kier molecular flexibility index (Phi) is 4.46. The first kappa shape index (κ1) is 13.9. The van der Waals surface area contributed by atoms with Gasteiger partial charge in [-0.25, -0.2) is 4.98 Å². The molecule has 2 aromatic rings. The van der Waals surface area contributed by atoms with E-state index < -0.39 is 6.55 Å². The van der Waals surface area contributed by atoms with E-state index in [1.807, 2.05) is 13.8 Å². The Balaban J connectivity index is 0.000000686. The van der Waals surface area contributed by atoms with E-state index in [1.54, 1.807) is 26.0 Å².